The van der Waals surface area contributed by atoms with Crippen molar-refractivity contribution >= 4 is 10.1 Å². The number of hydrogen-bond donors (Lipinski definition) is 2. The molecule has 2 unspecified atom stereocenters. The van der Waals surface area contributed by atoms with Crippen molar-refractivity contribution in [2.75, 3.05) is 0 Å². The minimum Gasteiger partial charge on any atom is -0.375 e. The normalized spacial score (nSPS) is 18.4. The number of aliphatic hydroxyl groups is 1. The highest BCUT2D eigenvalue weighted by Gasteiger charge is 2.24. The Hall–Kier alpha value is -0.130. The van der Waals surface area contributed by atoms with Crippen LogP contribution in [0, 0.1) is 5.92 Å². The van der Waals surface area contributed by atoms with Crippen LogP contribution < -0.4 is 0 Å². The first-order valence-electron chi connectivity index (χ1n) is 3.04. The van der Waals surface area contributed by atoms with Crippen LogP contribution >= 0.6 is 0 Å². The van der Waals surface area contributed by atoms with Crippen molar-refractivity contribution in [3.63, 3.8) is 0 Å². The van der Waals surface area contributed by atoms with Crippen LogP contribution in [0.5, 0.6) is 0 Å². The van der Waals surface area contributed by atoms with E-state index in [2.05, 4.69) is 0 Å². The molecule has 2 atom stereocenters. The Morgan fingerprint density at radius 2 is 1.90 bits per heavy atom. The molecule has 62 valence electrons. The molecule has 10 heavy (non-hydrogen) atoms. The molecule has 0 heterocycles. The van der Waals surface area contributed by atoms with Gasteiger partial charge in [-0.1, -0.05) is 13.8 Å². The zero-order chi connectivity index (χ0) is 8.36. The lowest BCUT2D eigenvalue weighted by atomic mass is 10.1. The highest BCUT2D eigenvalue weighted by Crippen LogP contribution is 2.11. The minimum atomic E-state index is -4.26. The Balaban J connectivity index is 4.23. The third-order valence-electron chi connectivity index (χ3n) is 1.44. The van der Waals surface area contributed by atoms with E-state index in [1.54, 1.807) is 13.8 Å². The largest absolute Gasteiger partial charge is 0.375 e. The average Bonchev–Trinajstić information content (AvgIpc) is 1.83. The minimum absolute atomic E-state index is 0.421. The molecule has 0 aliphatic carbocycles. The quantitative estimate of drug-likeness (QED) is 0.592. The van der Waals surface area contributed by atoms with E-state index in [9.17, 15) is 8.42 Å². The van der Waals surface area contributed by atoms with Crippen LogP contribution in [0.2, 0.25) is 0 Å². The first-order valence-corrected chi connectivity index (χ1v) is 4.54. The van der Waals surface area contributed by atoms with Crippen molar-refractivity contribution in [1.82, 2.24) is 0 Å². The molecule has 0 radical (unpaired) electrons. The van der Waals surface area contributed by atoms with Crippen LogP contribution in [0.15, 0.2) is 0 Å². The lowest BCUT2D eigenvalue weighted by molar-refractivity contribution is 0.175. The second-order valence-electron chi connectivity index (χ2n) is 2.29. The van der Waals surface area contributed by atoms with E-state index in [1.807, 2.05) is 0 Å². The van der Waals surface area contributed by atoms with Crippen molar-refractivity contribution in [1.29, 1.82) is 0 Å². The van der Waals surface area contributed by atoms with Gasteiger partial charge in [0.25, 0.3) is 10.1 Å². The molecule has 0 rings (SSSR count). The van der Waals surface area contributed by atoms with Crippen LogP contribution in [-0.4, -0.2) is 23.5 Å². The molecule has 0 fully saturated rings. The van der Waals surface area contributed by atoms with E-state index in [0.717, 1.165) is 0 Å². The fourth-order valence-electron chi connectivity index (χ4n) is 0.495. The van der Waals surface area contributed by atoms with Gasteiger partial charge in [0.05, 0.1) is 0 Å². The van der Waals surface area contributed by atoms with E-state index >= 15 is 0 Å². The van der Waals surface area contributed by atoms with Crippen molar-refractivity contribution in [2.24, 2.45) is 5.92 Å². The Kier molecular flexibility index (Phi) is 3.27. The third kappa shape index (κ3) is 2.64. The maximum Gasteiger partial charge on any atom is 0.292 e. The predicted octanol–water partition coefficient (Wildman–Crippen LogP) is 0.239. The van der Waals surface area contributed by atoms with E-state index < -0.39 is 21.5 Å². The van der Waals surface area contributed by atoms with Crippen LogP contribution in [0.4, 0.5) is 0 Å². The molecule has 0 amide bonds. The molecule has 0 aliphatic heterocycles. The van der Waals surface area contributed by atoms with Gasteiger partial charge in [-0.3, -0.25) is 4.55 Å². The van der Waals surface area contributed by atoms with Gasteiger partial charge in [-0.25, -0.2) is 0 Å². The second-order valence-corrected chi connectivity index (χ2v) is 3.80. The standard InChI is InChI=1S/C5H12O4S/c1-3-4(2)5(6)10(7,8)9/h4-6H,3H2,1-2H3,(H,7,8,9). The fourth-order valence-corrected chi connectivity index (χ4v) is 1.27. The van der Waals surface area contributed by atoms with Crippen molar-refractivity contribution < 1.29 is 18.1 Å². The van der Waals surface area contributed by atoms with Gasteiger partial charge in [-0.05, 0) is 12.3 Å². The van der Waals surface area contributed by atoms with Crippen molar-refractivity contribution in [2.45, 2.75) is 25.7 Å². The van der Waals surface area contributed by atoms with Gasteiger partial charge >= 0.3 is 0 Å². The summed E-state index contributed by atoms with van der Waals surface area (Å²) in [6.07, 6.45) is 0.515. The maximum atomic E-state index is 10.2. The summed E-state index contributed by atoms with van der Waals surface area (Å²) in [7, 11) is -4.26. The van der Waals surface area contributed by atoms with Crippen LogP contribution in [0.25, 0.3) is 0 Å². The third-order valence-corrected chi connectivity index (χ3v) is 2.51. The van der Waals surface area contributed by atoms with Gasteiger partial charge in [0, 0.05) is 0 Å². The summed E-state index contributed by atoms with van der Waals surface area (Å²) in [6, 6.07) is 0. The Labute approximate surface area is 60.6 Å². The predicted molar refractivity (Wildman–Crippen MR) is 37.0 cm³/mol. The van der Waals surface area contributed by atoms with Gasteiger partial charge in [-0.2, -0.15) is 8.42 Å². The SMILES string of the molecule is CCC(C)C(O)S(=O)(=O)O. The van der Waals surface area contributed by atoms with Gasteiger partial charge in [-0.15, -0.1) is 0 Å². The zero-order valence-electron chi connectivity index (χ0n) is 5.98. The summed E-state index contributed by atoms with van der Waals surface area (Å²) in [4.78, 5) is 0. The molecular weight excluding hydrogens is 156 g/mol. The molecule has 2 N–H and O–H groups in total. The van der Waals surface area contributed by atoms with Crippen LogP contribution in [0.3, 0.4) is 0 Å². The number of hydrogen-bond acceptors (Lipinski definition) is 3. The van der Waals surface area contributed by atoms with Gasteiger partial charge in [0.2, 0.25) is 0 Å². The van der Waals surface area contributed by atoms with Crippen LogP contribution in [0.1, 0.15) is 20.3 Å². The molecule has 4 nitrogen and oxygen atoms in total. The Morgan fingerprint density at radius 3 is 2.00 bits per heavy atom. The summed E-state index contributed by atoms with van der Waals surface area (Å²) in [5.41, 5.74) is -1.64. The summed E-state index contributed by atoms with van der Waals surface area (Å²) in [5, 5.41) is 8.82. The lowest BCUT2D eigenvalue weighted by Gasteiger charge is -2.12. The molecule has 0 aliphatic rings. The summed E-state index contributed by atoms with van der Waals surface area (Å²) < 4.78 is 28.8. The molecule has 0 spiro atoms. The number of aliphatic hydroxyl groups excluding tert-OH is 1. The Morgan fingerprint density at radius 1 is 1.50 bits per heavy atom. The van der Waals surface area contributed by atoms with Gasteiger partial charge in [0.1, 0.15) is 0 Å². The fraction of sp³-hybridized carbons (Fsp3) is 1.00. The molecule has 0 aromatic rings. The van der Waals surface area contributed by atoms with Crippen molar-refractivity contribution in [3.05, 3.63) is 0 Å². The second kappa shape index (κ2) is 3.32. The van der Waals surface area contributed by atoms with E-state index in [4.69, 9.17) is 9.66 Å². The van der Waals surface area contributed by atoms with Crippen LogP contribution in [-0.2, 0) is 10.1 Å². The monoisotopic (exact) mass is 168 g/mol. The topological polar surface area (TPSA) is 74.6 Å². The smallest absolute Gasteiger partial charge is 0.292 e. The molecular formula is C5H12O4S. The summed E-state index contributed by atoms with van der Waals surface area (Å²) in [5.74, 6) is -0.421. The molecule has 0 aromatic heterocycles. The molecule has 5 heteroatoms. The molecule has 0 aromatic carbocycles. The highest BCUT2D eigenvalue weighted by molar-refractivity contribution is 7.86. The van der Waals surface area contributed by atoms with E-state index in [1.165, 1.54) is 0 Å². The highest BCUT2D eigenvalue weighted by atomic mass is 32.2. The van der Waals surface area contributed by atoms with E-state index in [-0.39, 0.29) is 0 Å². The summed E-state index contributed by atoms with van der Waals surface area (Å²) in [6.45, 7) is 3.29. The van der Waals surface area contributed by atoms with Gasteiger partial charge in [0.15, 0.2) is 5.44 Å². The molecule has 0 saturated heterocycles. The summed E-state index contributed by atoms with van der Waals surface area (Å²) >= 11 is 0. The molecule has 0 saturated carbocycles. The first-order chi connectivity index (χ1) is 4.39. The number of rotatable bonds is 3. The van der Waals surface area contributed by atoms with Crippen molar-refractivity contribution in [3.8, 4) is 0 Å². The maximum absolute atomic E-state index is 10.2. The van der Waals surface area contributed by atoms with E-state index in [0.29, 0.717) is 6.42 Å². The first kappa shape index (κ1) is 9.87. The average molecular weight is 168 g/mol. The molecule has 0 bridgehead atoms. The zero-order valence-corrected chi connectivity index (χ0v) is 6.80. The Bertz CT molecular complexity index is 184. The van der Waals surface area contributed by atoms with Gasteiger partial charge < -0.3 is 5.11 Å². The lowest BCUT2D eigenvalue weighted by Crippen LogP contribution is -2.26.